The average molecular weight is 223 g/mol. The lowest BCUT2D eigenvalue weighted by Gasteiger charge is -2.20. The normalized spacial score (nSPS) is 11.1. The molecule has 0 aromatic heterocycles. The topological polar surface area (TPSA) is 72.4 Å². The number of hydrogen-bond donors (Lipinski definition) is 1. The molecule has 0 atom stereocenters. The van der Waals surface area contributed by atoms with Gasteiger partial charge < -0.3 is 5.73 Å². The van der Waals surface area contributed by atoms with Crippen LogP contribution in [0.15, 0.2) is 18.2 Å². The fourth-order valence-electron chi connectivity index (χ4n) is 1.32. The zero-order chi connectivity index (χ0) is 12.3. The molecule has 1 aromatic rings. The third kappa shape index (κ3) is 2.93. The monoisotopic (exact) mass is 223 g/mol. The molecule has 0 fully saturated rings. The van der Waals surface area contributed by atoms with Gasteiger partial charge >= 0.3 is 0 Å². The molecule has 0 radical (unpaired) electrons. The first-order valence-corrected chi connectivity index (χ1v) is 5.15. The van der Waals surface area contributed by atoms with Crippen molar-refractivity contribution in [2.75, 3.05) is 12.8 Å². The van der Waals surface area contributed by atoms with Crippen molar-refractivity contribution in [2.24, 2.45) is 0 Å². The Balaban J connectivity index is 2.91. The van der Waals surface area contributed by atoms with Crippen molar-refractivity contribution in [2.45, 2.75) is 26.4 Å². The van der Waals surface area contributed by atoms with E-state index in [1.807, 2.05) is 13.1 Å². The predicted octanol–water partition coefficient (Wildman–Crippen LogP) is 2.02. The molecule has 0 heterocycles. The van der Waals surface area contributed by atoms with Gasteiger partial charge in [-0.05, 0) is 32.5 Å². The van der Waals surface area contributed by atoms with Crippen molar-refractivity contribution in [1.29, 1.82) is 0 Å². The van der Waals surface area contributed by atoms with Gasteiger partial charge in [0, 0.05) is 18.7 Å². The minimum absolute atomic E-state index is 0.0188. The Kier molecular flexibility index (Phi) is 3.84. The average Bonchev–Trinajstić information content (AvgIpc) is 2.20. The quantitative estimate of drug-likeness (QED) is 0.481. The van der Waals surface area contributed by atoms with Crippen LogP contribution < -0.4 is 5.73 Å². The van der Waals surface area contributed by atoms with Crippen LogP contribution in [0, 0.1) is 10.1 Å². The largest absolute Gasteiger partial charge is 0.393 e. The van der Waals surface area contributed by atoms with E-state index in [0.717, 1.165) is 5.56 Å². The highest BCUT2D eigenvalue weighted by molar-refractivity contribution is 5.59. The summed E-state index contributed by atoms with van der Waals surface area (Å²) in [6.07, 6.45) is 0. The van der Waals surface area contributed by atoms with E-state index in [2.05, 4.69) is 18.7 Å². The number of nitro groups is 1. The molecule has 2 N–H and O–H groups in total. The zero-order valence-corrected chi connectivity index (χ0v) is 9.80. The molecule has 88 valence electrons. The van der Waals surface area contributed by atoms with Gasteiger partial charge in [0.1, 0.15) is 5.69 Å². The molecule has 16 heavy (non-hydrogen) atoms. The Morgan fingerprint density at radius 1 is 1.50 bits per heavy atom. The van der Waals surface area contributed by atoms with Crippen molar-refractivity contribution in [3.05, 3.63) is 33.9 Å². The van der Waals surface area contributed by atoms with Crippen molar-refractivity contribution in [1.82, 2.24) is 4.90 Å². The van der Waals surface area contributed by atoms with E-state index in [1.165, 1.54) is 6.07 Å². The molecule has 0 bridgehead atoms. The van der Waals surface area contributed by atoms with E-state index in [9.17, 15) is 10.1 Å². The number of nitrogens with two attached hydrogens (primary N) is 1. The zero-order valence-electron chi connectivity index (χ0n) is 9.80. The highest BCUT2D eigenvalue weighted by Gasteiger charge is 2.13. The molecular weight excluding hydrogens is 206 g/mol. The van der Waals surface area contributed by atoms with E-state index in [0.29, 0.717) is 12.6 Å². The van der Waals surface area contributed by atoms with E-state index < -0.39 is 4.92 Å². The number of nitro benzene ring substituents is 1. The summed E-state index contributed by atoms with van der Waals surface area (Å²) in [5.41, 5.74) is 6.62. The maximum atomic E-state index is 10.7. The maximum absolute atomic E-state index is 10.7. The van der Waals surface area contributed by atoms with Gasteiger partial charge in [-0.2, -0.15) is 0 Å². The van der Waals surface area contributed by atoms with Gasteiger partial charge in [0.15, 0.2) is 0 Å². The van der Waals surface area contributed by atoms with E-state index >= 15 is 0 Å². The first-order valence-electron chi connectivity index (χ1n) is 5.15. The highest BCUT2D eigenvalue weighted by atomic mass is 16.6. The van der Waals surface area contributed by atoms with Crippen LogP contribution in [-0.4, -0.2) is 22.9 Å². The second kappa shape index (κ2) is 4.94. The van der Waals surface area contributed by atoms with Crippen LogP contribution in [0.5, 0.6) is 0 Å². The molecule has 5 nitrogen and oxygen atoms in total. The van der Waals surface area contributed by atoms with Gasteiger partial charge in [-0.1, -0.05) is 6.07 Å². The Morgan fingerprint density at radius 3 is 2.62 bits per heavy atom. The number of nitrogens with zero attached hydrogens (tertiary/aromatic N) is 2. The summed E-state index contributed by atoms with van der Waals surface area (Å²) >= 11 is 0. The number of benzene rings is 1. The molecule has 0 amide bonds. The van der Waals surface area contributed by atoms with Crippen LogP contribution in [0.2, 0.25) is 0 Å². The lowest BCUT2D eigenvalue weighted by molar-refractivity contribution is -0.384. The highest BCUT2D eigenvalue weighted by Crippen LogP contribution is 2.23. The first kappa shape index (κ1) is 12.4. The Morgan fingerprint density at radius 2 is 2.12 bits per heavy atom. The maximum Gasteiger partial charge on any atom is 0.292 e. The molecule has 0 saturated carbocycles. The Hall–Kier alpha value is -1.62. The SMILES string of the molecule is CC(C)N(C)Cc1ccc(N)c([N+](=O)[O-])c1. The second-order valence-electron chi connectivity index (χ2n) is 4.16. The molecule has 1 rings (SSSR count). The molecule has 0 aliphatic heterocycles. The first-order chi connectivity index (χ1) is 7.41. The van der Waals surface area contributed by atoms with E-state index in [1.54, 1.807) is 6.07 Å². The minimum atomic E-state index is -0.450. The van der Waals surface area contributed by atoms with Crippen LogP contribution in [-0.2, 0) is 6.54 Å². The fourth-order valence-corrected chi connectivity index (χ4v) is 1.32. The van der Waals surface area contributed by atoms with Crippen molar-refractivity contribution < 1.29 is 4.92 Å². The smallest absolute Gasteiger partial charge is 0.292 e. The molecule has 0 saturated heterocycles. The number of anilines is 1. The molecule has 0 spiro atoms. The van der Waals surface area contributed by atoms with Crippen molar-refractivity contribution in [3.8, 4) is 0 Å². The third-order valence-corrected chi connectivity index (χ3v) is 2.61. The minimum Gasteiger partial charge on any atom is -0.393 e. The van der Waals surface area contributed by atoms with Crippen LogP contribution in [0.3, 0.4) is 0 Å². The Labute approximate surface area is 95.0 Å². The van der Waals surface area contributed by atoms with Gasteiger partial charge in [-0.3, -0.25) is 15.0 Å². The number of hydrogen-bond acceptors (Lipinski definition) is 4. The summed E-state index contributed by atoms with van der Waals surface area (Å²) in [4.78, 5) is 12.4. The number of nitrogen functional groups attached to an aromatic ring is 1. The summed E-state index contributed by atoms with van der Waals surface area (Å²) < 4.78 is 0. The van der Waals surface area contributed by atoms with Gasteiger partial charge in [-0.15, -0.1) is 0 Å². The van der Waals surface area contributed by atoms with Crippen LogP contribution in [0.1, 0.15) is 19.4 Å². The van der Waals surface area contributed by atoms with Crippen LogP contribution in [0.4, 0.5) is 11.4 Å². The summed E-state index contributed by atoms with van der Waals surface area (Å²) in [7, 11) is 1.98. The molecule has 0 aliphatic carbocycles. The lowest BCUT2D eigenvalue weighted by Crippen LogP contribution is -2.25. The summed E-state index contributed by atoms with van der Waals surface area (Å²) in [5.74, 6) is 0. The fraction of sp³-hybridized carbons (Fsp3) is 0.455. The molecule has 0 aliphatic rings. The molecular formula is C11H17N3O2. The third-order valence-electron chi connectivity index (χ3n) is 2.61. The summed E-state index contributed by atoms with van der Waals surface area (Å²) in [6.45, 7) is 4.83. The van der Waals surface area contributed by atoms with E-state index in [4.69, 9.17) is 5.73 Å². The van der Waals surface area contributed by atoms with Gasteiger partial charge in [0.05, 0.1) is 4.92 Å². The number of rotatable bonds is 4. The summed E-state index contributed by atoms with van der Waals surface area (Å²) in [6, 6.07) is 5.34. The molecule has 1 aromatic carbocycles. The van der Waals surface area contributed by atoms with Crippen molar-refractivity contribution >= 4 is 11.4 Å². The lowest BCUT2D eigenvalue weighted by atomic mass is 10.1. The second-order valence-corrected chi connectivity index (χ2v) is 4.16. The van der Waals surface area contributed by atoms with Gasteiger partial charge in [-0.25, -0.2) is 0 Å². The Bertz CT molecular complexity index is 391. The standard InChI is InChI=1S/C11H17N3O2/c1-8(2)13(3)7-9-4-5-10(12)11(6-9)14(15)16/h4-6,8H,7,12H2,1-3H3. The van der Waals surface area contributed by atoms with Crippen LogP contribution >= 0.6 is 0 Å². The van der Waals surface area contributed by atoms with Gasteiger partial charge in [0.25, 0.3) is 5.69 Å². The van der Waals surface area contributed by atoms with Crippen LogP contribution in [0.25, 0.3) is 0 Å². The predicted molar refractivity (Wildman–Crippen MR) is 64.1 cm³/mol. The molecule has 0 unspecified atom stereocenters. The summed E-state index contributed by atoms with van der Waals surface area (Å²) in [5, 5.41) is 10.7. The van der Waals surface area contributed by atoms with Gasteiger partial charge in [0.2, 0.25) is 0 Å². The molecule has 5 heteroatoms. The van der Waals surface area contributed by atoms with Crippen molar-refractivity contribution in [3.63, 3.8) is 0 Å². The van der Waals surface area contributed by atoms with E-state index in [-0.39, 0.29) is 11.4 Å².